The molecule has 0 radical (unpaired) electrons. The largest absolute Gasteiger partial charge is 0.346 e. The van der Waals surface area contributed by atoms with E-state index >= 15 is 0 Å². The predicted octanol–water partition coefficient (Wildman–Crippen LogP) is 2.87. The first kappa shape index (κ1) is 18.6. The van der Waals surface area contributed by atoms with Crippen LogP contribution in [0.3, 0.4) is 0 Å². The number of carbonyl (C=O) groups excluding carboxylic acids is 1. The van der Waals surface area contributed by atoms with Crippen LogP contribution < -0.4 is 5.32 Å². The summed E-state index contributed by atoms with van der Waals surface area (Å²) >= 11 is 0. The number of likely N-dealkylation sites (N-methyl/N-ethyl adjacent to an activating group) is 1. The molecule has 0 saturated heterocycles. The van der Waals surface area contributed by atoms with Crippen LogP contribution in [0.15, 0.2) is 18.2 Å². The number of rotatable bonds is 5. The fraction of sp³-hybridized carbons (Fsp3) is 0.550. The maximum atomic E-state index is 12.6. The molecule has 0 bridgehead atoms. The SMILES string of the molecule is CCN1CCc2c(cccc2-n2nnc(C(=O)NC(C)(C)CC)c2C)C1. The van der Waals surface area contributed by atoms with Crippen LogP contribution in [0.1, 0.15) is 61.4 Å². The molecule has 1 N–H and O–H groups in total. The molecule has 0 fully saturated rings. The van der Waals surface area contributed by atoms with Crippen molar-refractivity contribution >= 4 is 5.91 Å². The Hall–Kier alpha value is -2.21. The summed E-state index contributed by atoms with van der Waals surface area (Å²) in [7, 11) is 0. The summed E-state index contributed by atoms with van der Waals surface area (Å²) in [6.07, 6.45) is 1.84. The topological polar surface area (TPSA) is 63.1 Å². The molecule has 1 aliphatic rings. The van der Waals surface area contributed by atoms with Crippen molar-refractivity contribution < 1.29 is 4.79 Å². The Labute approximate surface area is 155 Å². The monoisotopic (exact) mass is 355 g/mol. The van der Waals surface area contributed by atoms with Gasteiger partial charge in [-0.1, -0.05) is 31.2 Å². The molecule has 6 nitrogen and oxygen atoms in total. The third kappa shape index (κ3) is 3.51. The van der Waals surface area contributed by atoms with E-state index in [-0.39, 0.29) is 11.4 Å². The zero-order valence-electron chi connectivity index (χ0n) is 16.5. The van der Waals surface area contributed by atoms with Crippen molar-refractivity contribution in [1.29, 1.82) is 0 Å². The van der Waals surface area contributed by atoms with Gasteiger partial charge in [0.2, 0.25) is 0 Å². The summed E-state index contributed by atoms with van der Waals surface area (Å²) in [4.78, 5) is 15.1. The van der Waals surface area contributed by atoms with Crippen LogP contribution in [0.5, 0.6) is 0 Å². The first-order valence-corrected chi connectivity index (χ1v) is 9.44. The Morgan fingerprint density at radius 3 is 2.77 bits per heavy atom. The average molecular weight is 355 g/mol. The number of hydrogen-bond acceptors (Lipinski definition) is 4. The predicted molar refractivity (Wildman–Crippen MR) is 103 cm³/mol. The lowest BCUT2D eigenvalue weighted by atomic mass is 9.97. The average Bonchev–Trinajstić information content (AvgIpc) is 3.01. The van der Waals surface area contributed by atoms with Crippen molar-refractivity contribution in [2.24, 2.45) is 0 Å². The van der Waals surface area contributed by atoms with Crippen molar-refractivity contribution in [3.63, 3.8) is 0 Å². The van der Waals surface area contributed by atoms with Crippen molar-refractivity contribution in [2.75, 3.05) is 13.1 Å². The van der Waals surface area contributed by atoms with E-state index in [0.717, 1.165) is 43.9 Å². The number of aromatic nitrogens is 3. The summed E-state index contributed by atoms with van der Waals surface area (Å²) in [5.74, 6) is -0.164. The first-order chi connectivity index (χ1) is 12.4. The molecule has 1 aromatic heterocycles. The standard InChI is InChI=1S/C20H29N5O/c1-6-20(4,5)21-19(26)18-14(3)25(23-22-18)17-10-8-9-15-13-24(7-2)12-11-16(15)17/h8-10H,6-7,11-13H2,1-5H3,(H,21,26). The molecule has 1 aromatic carbocycles. The maximum absolute atomic E-state index is 12.6. The summed E-state index contributed by atoms with van der Waals surface area (Å²) in [5, 5.41) is 11.5. The lowest BCUT2D eigenvalue weighted by molar-refractivity contribution is 0.0905. The molecule has 0 spiro atoms. The number of benzene rings is 1. The van der Waals surface area contributed by atoms with E-state index in [9.17, 15) is 4.79 Å². The van der Waals surface area contributed by atoms with Crippen LogP contribution in [0.2, 0.25) is 0 Å². The van der Waals surface area contributed by atoms with Gasteiger partial charge in [-0.05, 0) is 57.4 Å². The second-order valence-electron chi connectivity index (χ2n) is 7.66. The van der Waals surface area contributed by atoms with E-state index in [0.29, 0.717) is 5.69 Å². The van der Waals surface area contributed by atoms with Gasteiger partial charge in [-0.25, -0.2) is 4.68 Å². The maximum Gasteiger partial charge on any atom is 0.274 e. The normalized spacial score (nSPS) is 15.0. The molecule has 3 rings (SSSR count). The number of nitrogens with one attached hydrogen (secondary N) is 1. The van der Waals surface area contributed by atoms with E-state index in [1.54, 1.807) is 0 Å². The van der Waals surface area contributed by atoms with Crippen LogP contribution in [0.4, 0.5) is 0 Å². The molecule has 1 aliphatic heterocycles. The zero-order valence-corrected chi connectivity index (χ0v) is 16.5. The van der Waals surface area contributed by atoms with Gasteiger partial charge < -0.3 is 5.32 Å². The number of carbonyl (C=O) groups is 1. The summed E-state index contributed by atoms with van der Waals surface area (Å²) in [6.45, 7) is 13.3. The molecule has 0 saturated carbocycles. The van der Waals surface area contributed by atoms with Gasteiger partial charge in [0.05, 0.1) is 11.4 Å². The number of fused-ring (bicyclic) bond motifs is 1. The number of amides is 1. The molecule has 2 heterocycles. The highest BCUT2D eigenvalue weighted by molar-refractivity contribution is 5.93. The Morgan fingerprint density at radius 2 is 2.08 bits per heavy atom. The van der Waals surface area contributed by atoms with Crippen LogP contribution in [0.25, 0.3) is 5.69 Å². The third-order valence-corrected chi connectivity index (χ3v) is 5.44. The molecule has 0 atom stereocenters. The number of nitrogens with zero attached hydrogens (tertiary/aromatic N) is 4. The van der Waals surface area contributed by atoms with E-state index in [2.05, 4.69) is 52.6 Å². The van der Waals surface area contributed by atoms with Crippen molar-refractivity contribution in [3.8, 4) is 5.69 Å². The molecular formula is C20H29N5O. The van der Waals surface area contributed by atoms with E-state index in [1.165, 1.54) is 11.1 Å². The zero-order chi connectivity index (χ0) is 18.9. The van der Waals surface area contributed by atoms with Crippen LogP contribution in [-0.2, 0) is 13.0 Å². The van der Waals surface area contributed by atoms with E-state index < -0.39 is 0 Å². The minimum Gasteiger partial charge on any atom is -0.346 e. The van der Waals surface area contributed by atoms with E-state index in [4.69, 9.17) is 0 Å². The summed E-state index contributed by atoms with van der Waals surface area (Å²) in [5.41, 5.74) is 4.60. The molecule has 1 amide bonds. The van der Waals surface area contributed by atoms with Crippen LogP contribution in [0, 0.1) is 6.92 Å². The van der Waals surface area contributed by atoms with E-state index in [1.807, 2.05) is 25.5 Å². The minimum absolute atomic E-state index is 0.164. The summed E-state index contributed by atoms with van der Waals surface area (Å²) < 4.78 is 1.81. The lowest BCUT2D eigenvalue weighted by Gasteiger charge is -2.29. The molecule has 0 unspecified atom stereocenters. The molecule has 140 valence electrons. The molecular weight excluding hydrogens is 326 g/mol. The Balaban J connectivity index is 1.93. The fourth-order valence-corrected chi connectivity index (χ4v) is 3.34. The first-order valence-electron chi connectivity index (χ1n) is 9.44. The van der Waals surface area contributed by atoms with Gasteiger partial charge >= 0.3 is 0 Å². The number of hydrogen-bond donors (Lipinski definition) is 1. The Morgan fingerprint density at radius 1 is 1.31 bits per heavy atom. The fourth-order valence-electron chi connectivity index (χ4n) is 3.34. The minimum atomic E-state index is -0.261. The van der Waals surface area contributed by atoms with Crippen molar-refractivity contribution in [3.05, 3.63) is 40.7 Å². The van der Waals surface area contributed by atoms with Gasteiger partial charge in [0.1, 0.15) is 0 Å². The second kappa shape index (κ2) is 7.19. The van der Waals surface area contributed by atoms with Crippen LogP contribution >= 0.6 is 0 Å². The van der Waals surface area contributed by atoms with Crippen molar-refractivity contribution in [2.45, 2.75) is 59.5 Å². The highest BCUT2D eigenvalue weighted by atomic mass is 16.2. The molecule has 6 heteroatoms. The highest BCUT2D eigenvalue weighted by Gasteiger charge is 2.25. The lowest BCUT2D eigenvalue weighted by Crippen LogP contribution is -2.43. The molecule has 26 heavy (non-hydrogen) atoms. The van der Waals surface area contributed by atoms with Gasteiger partial charge in [0.25, 0.3) is 5.91 Å². The smallest absolute Gasteiger partial charge is 0.274 e. The quantitative estimate of drug-likeness (QED) is 0.896. The van der Waals surface area contributed by atoms with Gasteiger partial charge in [-0.2, -0.15) is 0 Å². The summed E-state index contributed by atoms with van der Waals surface area (Å²) in [6, 6.07) is 6.32. The van der Waals surface area contributed by atoms with Gasteiger partial charge in [0, 0.05) is 18.6 Å². The second-order valence-corrected chi connectivity index (χ2v) is 7.66. The third-order valence-electron chi connectivity index (χ3n) is 5.44. The molecule has 2 aromatic rings. The van der Waals surface area contributed by atoms with Gasteiger partial charge in [-0.3, -0.25) is 9.69 Å². The Bertz CT molecular complexity index is 809. The van der Waals surface area contributed by atoms with Crippen molar-refractivity contribution in [1.82, 2.24) is 25.2 Å². The molecule has 0 aliphatic carbocycles. The highest BCUT2D eigenvalue weighted by Crippen LogP contribution is 2.26. The van der Waals surface area contributed by atoms with Gasteiger partial charge in [-0.15, -0.1) is 5.10 Å². The van der Waals surface area contributed by atoms with Gasteiger partial charge in [0.15, 0.2) is 5.69 Å². The van der Waals surface area contributed by atoms with Crippen LogP contribution in [-0.4, -0.2) is 44.4 Å². The Kier molecular flexibility index (Phi) is 5.14.